The number of anilines is 2. The Labute approximate surface area is 133 Å². The minimum absolute atomic E-state index is 0.0432. The van der Waals surface area contributed by atoms with E-state index in [1.54, 1.807) is 12.1 Å². The van der Waals surface area contributed by atoms with Crippen LogP contribution in [0.2, 0.25) is 0 Å². The molecule has 6 heteroatoms. The molecule has 2 aromatic heterocycles. The standard InChI is InChI=1S/C17H18FN5/c1-17(2)9-20-13-8-11(7-10-3-5-12(18)6-4-10)15-21-22-16(19)23(15)14(13)17/h3-6,8,20H,7,9H2,1-2H3,(H2,19,22). The lowest BCUT2D eigenvalue weighted by molar-refractivity contribution is 0.562. The fourth-order valence-electron chi connectivity index (χ4n) is 3.31. The molecule has 3 N–H and O–H groups in total. The van der Waals surface area contributed by atoms with Gasteiger partial charge in [-0.25, -0.2) is 4.39 Å². The first-order valence-electron chi connectivity index (χ1n) is 7.61. The Morgan fingerprint density at radius 2 is 2.00 bits per heavy atom. The summed E-state index contributed by atoms with van der Waals surface area (Å²) in [4.78, 5) is 0. The summed E-state index contributed by atoms with van der Waals surface area (Å²) >= 11 is 0. The molecule has 118 valence electrons. The lowest BCUT2D eigenvalue weighted by Gasteiger charge is -2.19. The second-order valence-corrected chi connectivity index (χ2v) is 6.69. The van der Waals surface area contributed by atoms with Gasteiger partial charge < -0.3 is 11.1 Å². The predicted octanol–water partition coefficient (Wildman–Crippen LogP) is 2.74. The highest BCUT2D eigenvalue weighted by atomic mass is 19.1. The zero-order valence-corrected chi connectivity index (χ0v) is 13.1. The fourth-order valence-corrected chi connectivity index (χ4v) is 3.31. The molecule has 0 radical (unpaired) electrons. The quantitative estimate of drug-likeness (QED) is 0.763. The van der Waals surface area contributed by atoms with Gasteiger partial charge in [0.1, 0.15) is 5.82 Å². The molecule has 0 spiro atoms. The Morgan fingerprint density at radius 1 is 1.26 bits per heavy atom. The number of halogens is 1. The number of pyridine rings is 1. The fraction of sp³-hybridized carbons (Fsp3) is 0.294. The molecule has 0 unspecified atom stereocenters. The number of rotatable bonds is 2. The van der Waals surface area contributed by atoms with Crippen molar-refractivity contribution in [1.29, 1.82) is 0 Å². The highest BCUT2D eigenvalue weighted by molar-refractivity contribution is 5.68. The molecule has 0 bridgehead atoms. The van der Waals surface area contributed by atoms with Gasteiger partial charge >= 0.3 is 0 Å². The van der Waals surface area contributed by atoms with Gasteiger partial charge in [-0.05, 0) is 23.8 Å². The smallest absolute Gasteiger partial charge is 0.226 e. The van der Waals surface area contributed by atoms with E-state index in [9.17, 15) is 4.39 Å². The minimum atomic E-state index is -0.233. The van der Waals surface area contributed by atoms with Gasteiger partial charge in [0.2, 0.25) is 5.95 Å². The molecule has 1 aromatic carbocycles. The Hall–Kier alpha value is -2.63. The minimum Gasteiger partial charge on any atom is -0.383 e. The molecule has 3 heterocycles. The second kappa shape index (κ2) is 4.68. The van der Waals surface area contributed by atoms with E-state index in [0.717, 1.165) is 34.7 Å². The lowest BCUT2D eigenvalue weighted by Crippen LogP contribution is -2.22. The van der Waals surface area contributed by atoms with Crippen molar-refractivity contribution in [3.63, 3.8) is 0 Å². The Balaban J connectivity index is 1.89. The lowest BCUT2D eigenvalue weighted by atomic mass is 9.90. The van der Waals surface area contributed by atoms with Gasteiger partial charge in [-0.2, -0.15) is 0 Å². The number of nitrogens with one attached hydrogen (secondary N) is 1. The molecule has 0 saturated heterocycles. The summed E-state index contributed by atoms with van der Waals surface area (Å²) in [5.41, 5.74) is 11.0. The van der Waals surface area contributed by atoms with Crippen molar-refractivity contribution in [2.24, 2.45) is 0 Å². The van der Waals surface area contributed by atoms with Crippen molar-refractivity contribution in [3.8, 4) is 0 Å². The van der Waals surface area contributed by atoms with Crippen molar-refractivity contribution in [2.75, 3.05) is 17.6 Å². The number of nitrogens with two attached hydrogens (primary N) is 1. The molecule has 0 fully saturated rings. The molecule has 0 atom stereocenters. The average Bonchev–Trinajstić information content (AvgIpc) is 3.03. The van der Waals surface area contributed by atoms with E-state index in [1.807, 2.05) is 4.40 Å². The van der Waals surface area contributed by atoms with Gasteiger partial charge in [-0.1, -0.05) is 26.0 Å². The summed E-state index contributed by atoms with van der Waals surface area (Å²) < 4.78 is 15.0. The number of benzene rings is 1. The first kappa shape index (κ1) is 14.0. The van der Waals surface area contributed by atoms with Crippen molar-refractivity contribution < 1.29 is 4.39 Å². The van der Waals surface area contributed by atoms with Gasteiger partial charge in [-0.3, -0.25) is 4.40 Å². The number of nitrogens with zero attached hydrogens (tertiary/aromatic N) is 3. The first-order valence-corrected chi connectivity index (χ1v) is 7.61. The Kier molecular flexibility index (Phi) is 2.85. The topological polar surface area (TPSA) is 68.2 Å². The molecule has 0 saturated carbocycles. The number of fused-ring (bicyclic) bond motifs is 3. The Bertz CT molecular complexity index is 895. The molecule has 1 aliphatic rings. The molecule has 23 heavy (non-hydrogen) atoms. The third-order valence-electron chi connectivity index (χ3n) is 4.44. The van der Waals surface area contributed by atoms with E-state index in [-0.39, 0.29) is 11.2 Å². The normalized spacial score (nSPS) is 15.6. The van der Waals surface area contributed by atoms with Gasteiger partial charge in [0, 0.05) is 23.9 Å². The molecule has 3 aromatic rings. The largest absolute Gasteiger partial charge is 0.383 e. The van der Waals surface area contributed by atoms with Crippen molar-refractivity contribution >= 4 is 17.3 Å². The number of nitrogen functional groups attached to an aromatic ring is 1. The van der Waals surface area contributed by atoms with Crippen LogP contribution in [0.4, 0.5) is 16.0 Å². The number of hydrogen-bond donors (Lipinski definition) is 2. The molecule has 4 rings (SSSR count). The van der Waals surface area contributed by atoms with Gasteiger partial charge in [0.25, 0.3) is 0 Å². The van der Waals surface area contributed by atoms with Crippen LogP contribution in [0, 0.1) is 5.82 Å². The third kappa shape index (κ3) is 2.13. The maximum atomic E-state index is 13.1. The van der Waals surface area contributed by atoms with Crippen LogP contribution in [0.1, 0.15) is 30.7 Å². The zero-order chi connectivity index (χ0) is 16.2. The highest BCUT2D eigenvalue weighted by Gasteiger charge is 2.34. The van der Waals surface area contributed by atoms with Crippen LogP contribution in [0.3, 0.4) is 0 Å². The van der Waals surface area contributed by atoms with Crippen molar-refractivity contribution in [2.45, 2.75) is 25.7 Å². The van der Waals surface area contributed by atoms with E-state index in [1.165, 1.54) is 12.1 Å². The van der Waals surface area contributed by atoms with Gasteiger partial charge in [0.15, 0.2) is 5.65 Å². The zero-order valence-electron chi connectivity index (χ0n) is 13.1. The summed E-state index contributed by atoms with van der Waals surface area (Å²) in [7, 11) is 0. The summed E-state index contributed by atoms with van der Waals surface area (Å²) in [5.74, 6) is 0.164. The van der Waals surface area contributed by atoms with E-state index >= 15 is 0 Å². The Morgan fingerprint density at radius 3 is 2.74 bits per heavy atom. The molecular formula is C17H18FN5. The molecule has 0 aliphatic carbocycles. The number of hydrogen-bond acceptors (Lipinski definition) is 4. The van der Waals surface area contributed by atoms with Crippen LogP contribution in [0.25, 0.3) is 5.65 Å². The number of aromatic nitrogens is 3. The summed E-state index contributed by atoms with van der Waals surface area (Å²) in [6.45, 7) is 5.18. The van der Waals surface area contributed by atoms with Crippen LogP contribution in [0.5, 0.6) is 0 Å². The summed E-state index contributed by atoms with van der Waals surface area (Å²) in [6.07, 6.45) is 0.650. The van der Waals surface area contributed by atoms with Crippen LogP contribution in [-0.4, -0.2) is 21.1 Å². The molecular weight excluding hydrogens is 293 g/mol. The van der Waals surface area contributed by atoms with Gasteiger partial charge in [0.05, 0.1) is 11.4 Å². The molecule has 0 amide bonds. The van der Waals surface area contributed by atoms with Gasteiger partial charge in [-0.15, -0.1) is 10.2 Å². The van der Waals surface area contributed by atoms with Crippen LogP contribution >= 0.6 is 0 Å². The van der Waals surface area contributed by atoms with Crippen molar-refractivity contribution in [3.05, 3.63) is 53.0 Å². The van der Waals surface area contributed by atoms with Crippen LogP contribution < -0.4 is 11.1 Å². The SMILES string of the molecule is CC1(C)CNc2cc(Cc3ccc(F)cc3)c3nnc(N)n3c21. The van der Waals surface area contributed by atoms with E-state index in [2.05, 4.69) is 35.4 Å². The van der Waals surface area contributed by atoms with Crippen molar-refractivity contribution in [1.82, 2.24) is 14.6 Å². The predicted molar refractivity (Wildman–Crippen MR) is 88.1 cm³/mol. The first-order chi connectivity index (χ1) is 11.0. The monoisotopic (exact) mass is 311 g/mol. The molecule has 1 aliphatic heterocycles. The highest BCUT2D eigenvalue weighted by Crippen LogP contribution is 2.38. The average molecular weight is 311 g/mol. The van der Waals surface area contributed by atoms with E-state index in [4.69, 9.17) is 5.73 Å². The summed E-state index contributed by atoms with van der Waals surface area (Å²) in [6, 6.07) is 8.63. The second-order valence-electron chi connectivity index (χ2n) is 6.69. The summed E-state index contributed by atoms with van der Waals surface area (Å²) in [5, 5.41) is 11.8. The van der Waals surface area contributed by atoms with Crippen LogP contribution in [-0.2, 0) is 11.8 Å². The van der Waals surface area contributed by atoms with E-state index < -0.39 is 0 Å². The van der Waals surface area contributed by atoms with E-state index in [0.29, 0.717) is 12.4 Å². The van der Waals surface area contributed by atoms with Crippen LogP contribution in [0.15, 0.2) is 30.3 Å². The maximum Gasteiger partial charge on any atom is 0.226 e. The third-order valence-corrected chi connectivity index (χ3v) is 4.44. The maximum absolute atomic E-state index is 13.1. The molecule has 5 nitrogen and oxygen atoms in total.